The molecule has 0 aliphatic carbocycles. The van der Waals surface area contributed by atoms with Gasteiger partial charge in [-0.2, -0.15) is 26.0 Å². The van der Waals surface area contributed by atoms with Crippen LogP contribution in [0.15, 0.2) is 0 Å². The fourth-order valence-corrected chi connectivity index (χ4v) is 1.13. The molecule has 9 heteroatoms. The van der Waals surface area contributed by atoms with Crippen molar-refractivity contribution in [3.63, 3.8) is 0 Å². The molecule has 0 aromatic heterocycles. The molecule has 0 amide bonds. The maximum absolute atomic E-state index is 12.4. The monoisotopic (exact) mass is 241 g/mol. The van der Waals surface area contributed by atoms with Crippen LogP contribution in [0.4, 0.5) is 17.6 Å². The van der Waals surface area contributed by atoms with Gasteiger partial charge in [0.1, 0.15) is 0 Å². The van der Waals surface area contributed by atoms with Crippen LogP contribution in [0.25, 0.3) is 0 Å². The second-order valence-electron chi connectivity index (χ2n) is 2.45. The minimum atomic E-state index is -6.07. The first kappa shape index (κ1) is 16.0. The van der Waals surface area contributed by atoms with E-state index in [0.29, 0.717) is 0 Å². The van der Waals surface area contributed by atoms with Crippen molar-refractivity contribution >= 4 is 10.1 Å². The van der Waals surface area contributed by atoms with Crippen molar-refractivity contribution in [2.24, 2.45) is 0 Å². The summed E-state index contributed by atoms with van der Waals surface area (Å²) in [6.07, 6.45) is -1.63. The van der Waals surface area contributed by atoms with Gasteiger partial charge in [-0.25, -0.2) is 0 Å². The highest BCUT2D eigenvalue weighted by Gasteiger charge is 2.64. The van der Waals surface area contributed by atoms with E-state index in [0.717, 1.165) is 0 Å². The fourth-order valence-electron chi connectivity index (χ4n) is 0.648. The molecule has 14 heavy (non-hydrogen) atoms. The molecule has 0 heterocycles. The van der Waals surface area contributed by atoms with Crippen molar-refractivity contribution in [2.45, 2.75) is 30.9 Å². The van der Waals surface area contributed by atoms with E-state index in [1.807, 2.05) is 0 Å². The van der Waals surface area contributed by atoms with E-state index in [1.54, 1.807) is 0 Å². The largest absolute Gasteiger partial charge is 0.431 e. The molecule has 0 atom stereocenters. The van der Waals surface area contributed by atoms with Crippen LogP contribution in [0, 0.1) is 0 Å². The average Bonchev–Trinajstić information content (AvgIpc) is 1.84. The number of hydrogen-bond acceptors (Lipinski definition) is 3. The van der Waals surface area contributed by atoms with E-state index in [1.165, 1.54) is 6.92 Å². The molecule has 0 fully saturated rings. The zero-order chi connectivity index (χ0) is 10.9. The zero-order valence-corrected chi connectivity index (χ0v) is 8.12. The number of halogens is 4. The number of rotatable bonds is 4. The van der Waals surface area contributed by atoms with Gasteiger partial charge in [0.25, 0.3) is 0 Å². The predicted molar refractivity (Wildman–Crippen MR) is 41.4 cm³/mol. The molecule has 0 rings (SSSR count). The first-order valence-corrected chi connectivity index (χ1v) is 4.73. The summed E-state index contributed by atoms with van der Waals surface area (Å²) >= 11 is 0. The predicted octanol–water partition coefficient (Wildman–Crippen LogP) is 2.06. The van der Waals surface area contributed by atoms with E-state index in [-0.39, 0.29) is 12.6 Å². The summed E-state index contributed by atoms with van der Waals surface area (Å²) < 4.78 is 77.1. The Hall–Kier alpha value is -0.410. The van der Waals surface area contributed by atoms with Gasteiger partial charge >= 0.3 is 21.3 Å². The Labute approximate surface area is 78.6 Å². The van der Waals surface area contributed by atoms with Crippen LogP contribution in [0.5, 0.6) is 0 Å². The van der Waals surface area contributed by atoms with Gasteiger partial charge in [0, 0.05) is 6.42 Å². The molecule has 0 bridgehead atoms. The maximum atomic E-state index is 12.4. The Balaban J connectivity index is 0. The summed E-state index contributed by atoms with van der Waals surface area (Å²) in [5, 5.41) is -5.42. The van der Waals surface area contributed by atoms with Crippen molar-refractivity contribution in [3.05, 3.63) is 0 Å². The minimum Gasteiger partial charge on any atom is -0.344 e. The molecule has 88 valence electrons. The quantitative estimate of drug-likeness (QED) is 0.582. The lowest BCUT2D eigenvalue weighted by Gasteiger charge is -2.22. The van der Waals surface area contributed by atoms with Gasteiger partial charge in [-0.1, -0.05) is 13.3 Å². The summed E-state index contributed by atoms with van der Waals surface area (Å²) in [5.41, 5.74) is 0. The fraction of sp³-hybridized carbons (Fsp3) is 1.00. The summed E-state index contributed by atoms with van der Waals surface area (Å²) in [5.74, 6) is -4.74. The summed E-state index contributed by atoms with van der Waals surface area (Å²) in [4.78, 5) is 0. The number of hydrogen-bond donors (Lipinski definition) is 2. The molecule has 0 aliphatic rings. The lowest BCUT2D eigenvalue weighted by atomic mass is 10.2. The minimum absolute atomic E-state index is 0. The maximum Gasteiger partial charge on any atom is 0.431 e. The van der Waals surface area contributed by atoms with Crippen LogP contribution in [0.3, 0.4) is 0 Å². The lowest BCUT2D eigenvalue weighted by molar-refractivity contribution is -0.164. The van der Waals surface area contributed by atoms with Crippen molar-refractivity contribution in [3.8, 4) is 0 Å². The molecular formula is C5H11F4NO3S. The van der Waals surface area contributed by atoms with E-state index in [2.05, 4.69) is 0 Å². The Bertz CT molecular complexity index is 277. The molecule has 0 saturated carbocycles. The summed E-state index contributed by atoms with van der Waals surface area (Å²) in [6, 6.07) is 0. The van der Waals surface area contributed by atoms with Gasteiger partial charge in [0.05, 0.1) is 0 Å². The summed E-state index contributed by atoms with van der Waals surface area (Å²) in [7, 11) is -6.07. The van der Waals surface area contributed by atoms with Crippen molar-refractivity contribution in [1.82, 2.24) is 6.15 Å². The third kappa shape index (κ3) is 2.79. The van der Waals surface area contributed by atoms with Crippen LogP contribution in [-0.4, -0.2) is 24.1 Å². The van der Waals surface area contributed by atoms with Gasteiger partial charge < -0.3 is 6.15 Å². The molecular weight excluding hydrogens is 230 g/mol. The summed E-state index contributed by atoms with van der Waals surface area (Å²) in [6.45, 7) is 1.19. The molecule has 4 N–H and O–H groups in total. The highest BCUT2D eigenvalue weighted by atomic mass is 32.2. The average molecular weight is 241 g/mol. The van der Waals surface area contributed by atoms with Crippen molar-refractivity contribution in [2.75, 3.05) is 0 Å². The van der Waals surface area contributed by atoms with Crippen LogP contribution < -0.4 is 6.15 Å². The standard InChI is InChI=1S/C5H8F4O3S.H3N/c1-2-3-4(6,7)5(8,9)13(10,11)12;/h2-3H2,1H3,(H,10,11,12);1H3. The molecule has 0 radical (unpaired) electrons. The van der Waals surface area contributed by atoms with Crippen LogP contribution in [0.2, 0.25) is 0 Å². The smallest absolute Gasteiger partial charge is 0.344 e. The molecule has 0 spiro atoms. The Morgan fingerprint density at radius 2 is 1.57 bits per heavy atom. The Morgan fingerprint density at radius 3 is 1.79 bits per heavy atom. The first-order valence-electron chi connectivity index (χ1n) is 3.29. The lowest BCUT2D eigenvalue weighted by Crippen LogP contribution is -2.46. The third-order valence-corrected chi connectivity index (χ3v) is 2.26. The van der Waals surface area contributed by atoms with Gasteiger partial charge in [0.2, 0.25) is 0 Å². The van der Waals surface area contributed by atoms with Crippen LogP contribution in [-0.2, 0) is 10.1 Å². The molecule has 0 aliphatic heterocycles. The van der Waals surface area contributed by atoms with Crippen LogP contribution in [0.1, 0.15) is 19.8 Å². The highest BCUT2D eigenvalue weighted by Crippen LogP contribution is 2.41. The van der Waals surface area contributed by atoms with Gasteiger partial charge in [0.15, 0.2) is 0 Å². The second-order valence-corrected chi connectivity index (χ2v) is 3.91. The topological polar surface area (TPSA) is 89.4 Å². The van der Waals surface area contributed by atoms with Crippen molar-refractivity contribution < 1.29 is 30.5 Å². The first-order chi connectivity index (χ1) is 5.56. The third-order valence-electron chi connectivity index (χ3n) is 1.31. The normalized spacial score (nSPS) is 13.6. The van der Waals surface area contributed by atoms with Gasteiger partial charge in [-0.05, 0) is 0 Å². The van der Waals surface area contributed by atoms with E-state index >= 15 is 0 Å². The van der Waals surface area contributed by atoms with Crippen molar-refractivity contribution in [1.29, 1.82) is 0 Å². The van der Waals surface area contributed by atoms with E-state index in [9.17, 15) is 26.0 Å². The molecule has 0 aromatic rings. The zero-order valence-electron chi connectivity index (χ0n) is 7.31. The Morgan fingerprint density at radius 1 is 1.21 bits per heavy atom. The molecule has 4 nitrogen and oxygen atoms in total. The van der Waals surface area contributed by atoms with E-state index < -0.39 is 27.7 Å². The molecule has 0 unspecified atom stereocenters. The van der Waals surface area contributed by atoms with Gasteiger partial charge in [-0.3, -0.25) is 4.55 Å². The molecule has 0 saturated heterocycles. The number of alkyl halides is 4. The van der Waals surface area contributed by atoms with Gasteiger partial charge in [-0.15, -0.1) is 0 Å². The van der Waals surface area contributed by atoms with Crippen LogP contribution >= 0.6 is 0 Å². The molecule has 0 aromatic carbocycles. The highest BCUT2D eigenvalue weighted by molar-refractivity contribution is 7.87. The van der Waals surface area contributed by atoms with E-state index in [4.69, 9.17) is 4.55 Å². The Kier molecular flexibility index (Phi) is 5.05. The second kappa shape index (κ2) is 4.41. The SMILES string of the molecule is CCCC(F)(F)C(F)(F)S(=O)(=O)O.N.